The lowest BCUT2D eigenvalue weighted by Crippen LogP contribution is -2.30. The van der Waals surface area contributed by atoms with Crippen molar-refractivity contribution in [2.75, 3.05) is 11.9 Å². The Morgan fingerprint density at radius 1 is 1.31 bits per heavy atom. The predicted molar refractivity (Wildman–Crippen MR) is 59.3 cm³/mol. The van der Waals surface area contributed by atoms with Crippen LogP contribution in [0.15, 0.2) is 24.3 Å². The van der Waals surface area contributed by atoms with E-state index in [1.807, 2.05) is 12.1 Å². The molecule has 0 aliphatic carbocycles. The highest BCUT2D eigenvalue weighted by Crippen LogP contribution is 2.15. The average Bonchev–Trinajstić information content (AvgIpc) is 2.36. The molecule has 1 atom stereocenters. The van der Waals surface area contributed by atoms with Gasteiger partial charge in [-0.2, -0.15) is 10.5 Å². The third-order valence-electron chi connectivity index (χ3n) is 2.28. The van der Waals surface area contributed by atoms with Crippen molar-refractivity contribution in [1.82, 2.24) is 0 Å². The zero-order valence-electron chi connectivity index (χ0n) is 9.14. The third-order valence-corrected chi connectivity index (χ3v) is 2.28. The fourth-order valence-corrected chi connectivity index (χ4v) is 1.23. The Balaban J connectivity index is 2.90. The molecule has 1 amide bonds. The zero-order valence-corrected chi connectivity index (χ0v) is 9.14. The molecule has 1 aromatic carbocycles. The van der Waals surface area contributed by atoms with Crippen LogP contribution in [-0.2, 0) is 4.79 Å². The van der Waals surface area contributed by atoms with Crippen LogP contribution < -0.4 is 4.90 Å². The first-order valence-electron chi connectivity index (χ1n) is 4.77. The minimum Gasteiger partial charge on any atom is -0.314 e. The first-order chi connectivity index (χ1) is 7.60. The summed E-state index contributed by atoms with van der Waals surface area (Å²) in [5, 5.41) is 17.3. The number of benzene rings is 1. The van der Waals surface area contributed by atoms with E-state index in [9.17, 15) is 4.79 Å². The SMILES string of the molecule is CC(C#N)C(=O)N(C)c1ccc(C#N)cc1. The summed E-state index contributed by atoms with van der Waals surface area (Å²) in [4.78, 5) is 13.1. The van der Waals surface area contributed by atoms with E-state index in [2.05, 4.69) is 0 Å². The summed E-state index contributed by atoms with van der Waals surface area (Å²) >= 11 is 0. The van der Waals surface area contributed by atoms with Crippen molar-refractivity contribution in [1.29, 1.82) is 10.5 Å². The normalized spacial score (nSPS) is 11.0. The molecule has 0 fully saturated rings. The van der Waals surface area contributed by atoms with Crippen LogP contribution in [0.3, 0.4) is 0 Å². The van der Waals surface area contributed by atoms with E-state index < -0.39 is 5.92 Å². The molecular weight excluding hydrogens is 202 g/mol. The molecule has 0 saturated carbocycles. The molecule has 80 valence electrons. The van der Waals surface area contributed by atoms with Gasteiger partial charge in [0.05, 0.1) is 17.7 Å². The van der Waals surface area contributed by atoms with E-state index in [-0.39, 0.29) is 5.91 Å². The van der Waals surface area contributed by atoms with Crippen molar-refractivity contribution in [3.05, 3.63) is 29.8 Å². The van der Waals surface area contributed by atoms with Crippen LogP contribution in [0.5, 0.6) is 0 Å². The second-order valence-corrected chi connectivity index (χ2v) is 3.41. The number of hydrogen-bond acceptors (Lipinski definition) is 3. The van der Waals surface area contributed by atoms with Crippen LogP contribution in [0, 0.1) is 28.6 Å². The molecule has 0 aliphatic heterocycles. The van der Waals surface area contributed by atoms with E-state index in [1.54, 1.807) is 38.2 Å². The van der Waals surface area contributed by atoms with E-state index in [4.69, 9.17) is 10.5 Å². The lowest BCUT2D eigenvalue weighted by Gasteiger charge is -2.18. The van der Waals surface area contributed by atoms with Crippen LogP contribution in [-0.4, -0.2) is 13.0 Å². The van der Waals surface area contributed by atoms with Gasteiger partial charge in [0.1, 0.15) is 5.92 Å². The first-order valence-corrected chi connectivity index (χ1v) is 4.77. The second-order valence-electron chi connectivity index (χ2n) is 3.41. The van der Waals surface area contributed by atoms with Crippen molar-refractivity contribution in [2.24, 2.45) is 5.92 Å². The Kier molecular flexibility index (Phi) is 3.63. The first kappa shape index (κ1) is 11.7. The van der Waals surface area contributed by atoms with Gasteiger partial charge in [0, 0.05) is 12.7 Å². The van der Waals surface area contributed by atoms with Gasteiger partial charge in [-0.3, -0.25) is 4.79 Å². The molecule has 4 heteroatoms. The molecule has 0 aromatic heterocycles. The monoisotopic (exact) mass is 213 g/mol. The second kappa shape index (κ2) is 4.95. The molecular formula is C12H11N3O. The summed E-state index contributed by atoms with van der Waals surface area (Å²) in [5.41, 5.74) is 1.21. The van der Waals surface area contributed by atoms with E-state index in [0.29, 0.717) is 11.3 Å². The van der Waals surface area contributed by atoms with Gasteiger partial charge in [-0.05, 0) is 31.2 Å². The average molecular weight is 213 g/mol. The number of carbonyl (C=O) groups is 1. The van der Waals surface area contributed by atoms with Gasteiger partial charge in [0.2, 0.25) is 5.91 Å². The van der Waals surface area contributed by atoms with Gasteiger partial charge < -0.3 is 4.90 Å². The molecule has 4 nitrogen and oxygen atoms in total. The summed E-state index contributed by atoms with van der Waals surface area (Å²) in [6, 6.07) is 10.5. The van der Waals surface area contributed by atoms with Crippen LogP contribution in [0.25, 0.3) is 0 Å². The lowest BCUT2D eigenvalue weighted by molar-refractivity contribution is -0.120. The van der Waals surface area contributed by atoms with Crippen LogP contribution in [0.1, 0.15) is 12.5 Å². The minimum atomic E-state index is -0.666. The maximum atomic E-state index is 11.7. The number of anilines is 1. The lowest BCUT2D eigenvalue weighted by atomic mass is 10.1. The highest BCUT2D eigenvalue weighted by Gasteiger charge is 2.17. The molecule has 16 heavy (non-hydrogen) atoms. The quantitative estimate of drug-likeness (QED) is 0.750. The standard InChI is InChI=1S/C12H11N3O/c1-9(7-13)12(16)15(2)11-5-3-10(8-14)4-6-11/h3-6,9H,1-2H3. The van der Waals surface area contributed by atoms with Crippen molar-refractivity contribution in [3.63, 3.8) is 0 Å². The number of hydrogen-bond donors (Lipinski definition) is 0. The summed E-state index contributed by atoms with van der Waals surface area (Å²) in [6.07, 6.45) is 0. The summed E-state index contributed by atoms with van der Waals surface area (Å²) in [5.74, 6) is -0.923. The van der Waals surface area contributed by atoms with Crippen molar-refractivity contribution in [3.8, 4) is 12.1 Å². The molecule has 0 N–H and O–H groups in total. The zero-order chi connectivity index (χ0) is 12.1. The van der Waals surface area contributed by atoms with Gasteiger partial charge in [0.25, 0.3) is 0 Å². The van der Waals surface area contributed by atoms with Gasteiger partial charge in [0.15, 0.2) is 0 Å². The largest absolute Gasteiger partial charge is 0.314 e. The van der Waals surface area contributed by atoms with Gasteiger partial charge >= 0.3 is 0 Å². The smallest absolute Gasteiger partial charge is 0.243 e. The molecule has 0 spiro atoms. The molecule has 0 aliphatic rings. The summed E-state index contributed by atoms with van der Waals surface area (Å²) in [6.45, 7) is 1.56. The van der Waals surface area contributed by atoms with E-state index in [1.165, 1.54) is 4.90 Å². The summed E-state index contributed by atoms with van der Waals surface area (Å²) < 4.78 is 0. The summed E-state index contributed by atoms with van der Waals surface area (Å²) in [7, 11) is 1.61. The maximum absolute atomic E-state index is 11.7. The Morgan fingerprint density at radius 3 is 2.31 bits per heavy atom. The topological polar surface area (TPSA) is 67.9 Å². The van der Waals surface area contributed by atoms with Crippen molar-refractivity contribution < 1.29 is 4.79 Å². The fourth-order valence-electron chi connectivity index (χ4n) is 1.23. The Morgan fingerprint density at radius 2 is 1.88 bits per heavy atom. The minimum absolute atomic E-state index is 0.257. The van der Waals surface area contributed by atoms with Crippen molar-refractivity contribution >= 4 is 11.6 Å². The number of carbonyl (C=O) groups excluding carboxylic acids is 1. The molecule has 1 rings (SSSR count). The number of nitrogens with zero attached hydrogens (tertiary/aromatic N) is 3. The fraction of sp³-hybridized carbons (Fsp3) is 0.250. The Hall–Kier alpha value is -2.33. The maximum Gasteiger partial charge on any atom is 0.243 e. The highest BCUT2D eigenvalue weighted by molar-refractivity contribution is 5.95. The van der Waals surface area contributed by atoms with E-state index in [0.717, 1.165) is 0 Å². The Bertz CT molecular complexity index is 465. The highest BCUT2D eigenvalue weighted by atomic mass is 16.2. The van der Waals surface area contributed by atoms with Gasteiger partial charge in [-0.1, -0.05) is 0 Å². The third kappa shape index (κ3) is 2.37. The van der Waals surface area contributed by atoms with Crippen LogP contribution >= 0.6 is 0 Å². The van der Waals surface area contributed by atoms with Crippen LogP contribution in [0.4, 0.5) is 5.69 Å². The Labute approximate surface area is 94.3 Å². The molecule has 0 heterocycles. The van der Waals surface area contributed by atoms with Gasteiger partial charge in [-0.25, -0.2) is 0 Å². The van der Waals surface area contributed by atoms with Gasteiger partial charge in [-0.15, -0.1) is 0 Å². The number of amides is 1. The molecule has 0 saturated heterocycles. The number of nitriles is 2. The molecule has 1 unspecified atom stereocenters. The molecule has 1 aromatic rings. The van der Waals surface area contributed by atoms with E-state index >= 15 is 0 Å². The number of rotatable bonds is 2. The molecule has 0 radical (unpaired) electrons. The molecule has 0 bridgehead atoms. The van der Waals surface area contributed by atoms with Crippen LogP contribution in [0.2, 0.25) is 0 Å². The predicted octanol–water partition coefficient (Wildman–Crippen LogP) is 1.68. The van der Waals surface area contributed by atoms with Crippen molar-refractivity contribution in [2.45, 2.75) is 6.92 Å².